The maximum atomic E-state index is 12.2. The predicted octanol–water partition coefficient (Wildman–Crippen LogP) is 2.35. The molecule has 3 N–H and O–H groups in total. The lowest BCUT2D eigenvalue weighted by Crippen LogP contribution is -2.49. The van der Waals surface area contributed by atoms with Gasteiger partial charge in [0.2, 0.25) is 0 Å². The summed E-state index contributed by atoms with van der Waals surface area (Å²) in [4.78, 5) is 12.2. The molecule has 0 aliphatic carbocycles. The second kappa shape index (κ2) is 9.43. The zero-order valence-corrected chi connectivity index (χ0v) is 13.9. The van der Waals surface area contributed by atoms with Crippen molar-refractivity contribution in [3.05, 3.63) is 29.8 Å². The molecule has 0 spiro atoms. The van der Waals surface area contributed by atoms with Gasteiger partial charge in [-0.25, -0.2) is 0 Å². The van der Waals surface area contributed by atoms with Crippen LogP contribution in [0.2, 0.25) is 0 Å². The Balaban J connectivity index is 2.55. The summed E-state index contributed by atoms with van der Waals surface area (Å²) in [6.07, 6.45) is 2.47. The van der Waals surface area contributed by atoms with Gasteiger partial charge in [0.05, 0.1) is 6.61 Å². The minimum absolute atomic E-state index is 0.126. The fourth-order valence-corrected chi connectivity index (χ4v) is 1.98. The van der Waals surface area contributed by atoms with E-state index in [1.807, 2.05) is 26.0 Å². The zero-order chi connectivity index (χ0) is 16.4. The number of ether oxygens (including phenoxy) is 2. The van der Waals surface area contributed by atoms with E-state index in [0.29, 0.717) is 31.1 Å². The summed E-state index contributed by atoms with van der Waals surface area (Å²) in [5.41, 5.74) is 6.43. The lowest BCUT2D eigenvalue weighted by Gasteiger charge is -2.26. The van der Waals surface area contributed by atoms with Crippen LogP contribution in [0, 0.1) is 0 Å². The molecule has 0 unspecified atom stereocenters. The minimum atomic E-state index is -0.343. The first-order valence-electron chi connectivity index (χ1n) is 7.83. The van der Waals surface area contributed by atoms with Gasteiger partial charge in [-0.15, -0.1) is 0 Å². The third-order valence-electron chi connectivity index (χ3n) is 3.87. The van der Waals surface area contributed by atoms with Crippen LogP contribution in [0.3, 0.4) is 0 Å². The second-order valence-corrected chi connectivity index (χ2v) is 5.47. The summed E-state index contributed by atoms with van der Waals surface area (Å²) in [7, 11) is 1.66. The Morgan fingerprint density at radius 1 is 1.27 bits per heavy atom. The van der Waals surface area contributed by atoms with Gasteiger partial charge in [-0.2, -0.15) is 0 Å². The molecular formula is C17H28N2O3. The van der Waals surface area contributed by atoms with Crippen LogP contribution in [0.25, 0.3) is 0 Å². The molecule has 5 nitrogen and oxygen atoms in total. The monoisotopic (exact) mass is 308 g/mol. The van der Waals surface area contributed by atoms with Crippen molar-refractivity contribution in [1.29, 1.82) is 0 Å². The van der Waals surface area contributed by atoms with Crippen LogP contribution >= 0.6 is 0 Å². The Morgan fingerprint density at radius 2 is 2.00 bits per heavy atom. The Labute approximate surface area is 133 Å². The van der Waals surface area contributed by atoms with Crippen LogP contribution in [0.15, 0.2) is 24.3 Å². The Morgan fingerprint density at radius 3 is 2.64 bits per heavy atom. The molecule has 0 saturated carbocycles. The molecule has 0 aliphatic heterocycles. The predicted molar refractivity (Wildman–Crippen MR) is 88.3 cm³/mol. The van der Waals surface area contributed by atoms with Gasteiger partial charge in [0.25, 0.3) is 5.91 Å². The standard InChI is InChI=1S/C17H28N2O3/c1-4-17(18,5-2)13-19-16(20)14-8-6-9-15(12-14)22-11-7-10-21-3/h6,8-9,12H,4-5,7,10-11,13,18H2,1-3H3,(H,19,20). The molecule has 0 fully saturated rings. The molecule has 0 radical (unpaired) electrons. The number of methoxy groups -OCH3 is 1. The zero-order valence-electron chi connectivity index (χ0n) is 13.9. The van der Waals surface area contributed by atoms with Crippen LogP contribution in [0.1, 0.15) is 43.5 Å². The summed E-state index contributed by atoms with van der Waals surface area (Å²) in [6, 6.07) is 7.18. The average molecular weight is 308 g/mol. The molecule has 22 heavy (non-hydrogen) atoms. The highest BCUT2D eigenvalue weighted by atomic mass is 16.5. The maximum Gasteiger partial charge on any atom is 0.251 e. The smallest absolute Gasteiger partial charge is 0.251 e. The van der Waals surface area contributed by atoms with Crippen LogP contribution in [0.4, 0.5) is 0 Å². The van der Waals surface area contributed by atoms with E-state index < -0.39 is 0 Å². The fraction of sp³-hybridized carbons (Fsp3) is 0.588. The van der Waals surface area contributed by atoms with E-state index in [-0.39, 0.29) is 11.4 Å². The van der Waals surface area contributed by atoms with E-state index in [0.717, 1.165) is 19.3 Å². The molecule has 124 valence electrons. The Hall–Kier alpha value is -1.59. The van der Waals surface area contributed by atoms with Crippen molar-refractivity contribution in [2.24, 2.45) is 5.73 Å². The third-order valence-corrected chi connectivity index (χ3v) is 3.87. The normalized spacial score (nSPS) is 11.3. The quantitative estimate of drug-likeness (QED) is 0.651. The van der Waals surface area contributed by atoms with E-state index in [1.165, 1.54) is 0 Å². The molecule has 0 aromatic heterocycles. The first-order valence-corrected chi connectivity index (χ1v) is 7.83. The van der Waals surface area contributed by atoms with E-state index in [1.54, 1.807) is 19.2 Å². The fourth-order valence-electron chi connectivity index (χ4n) is 1.98. The van der Waals surface area contributed by atoms with Crippen LogP contribution in [-0.4, -0.2) is 38.3 Å². The first-order chi connectivity index (χ1) is 10.5. The highest BCUT2D eigenvalue weighted by Gasteiger charge is 2.21. The van der Waals surface area contributed by atoms with Crippen molar-refractivity contribution < 1.29 is 14.3 Å². The van der Waals surface area contributed by atoms with Crippen molar-refractivity contribution >= 4 is 5.91 Å². The highest BCUT2D eigenvalue weighted by Crippen LogP contribution is 2.14. The van der Waals surface area contributed by atoms with E-state index >= 15 is 0 Å². The highest BCUT2D eigenvalue weighted by molar-refractivity contribution is 5.94. The summed E-state index contributed by atoms with van der Waals surface area (Å²) < 4.78 is 10.6. The lowest BCUT2D eigenvalue weighted by atomic mass is 9.94. The van der Waals surface area contributed by atoms with Crippen LogP contribution in [0.5, 0.6) is 5.75 Å². The molecule has 1 amide bonds. The lowest BCUT2D eigenvalue weighted by molar-refractivity contribution is 0.0941. The maximum absolute atomic E-state index is 12.2. The van der Waals surface area contributed by atoms with Gasteiger partial charge >= 0.3 is 0 Å². The average Bonchev–Trinajstić information content (AvgIpc) is 2.56. The Kier molecular flexibility index (Phi) is 7.91. The molecule has 1 aromatic rings. The SMILES string of the molecule is CCC(N)(CC)CNC(=O)c1cccc(OCCCOC)c1. The number of nitrogens with one attached hydrogen (secondary N) is 1. The van der Waals surface area contributed by atoms with Gasteiger partial charge in [0, 0.05) is 37.8 Å². The summed E-state index contributed by atoms with van der Waals surface area (Å²) >= 11 is 0. The van der Waals surface area contributed by atoms with Crippen molar-refractivity contribution in [3.63, 3.8) is 0 Å². The number of rotatable bonds is 10. The van der Waals surface area contributed by atoms with Gasteiger partial charge in [0.15, 0.2) is 0 Å². The van der Waals surface area contributed by atoms with Crippen LogP contribution in [-0.2, 0) is 4.74 Å². The van der Waals surface area contributed by atoms with Crippen molar-refractivity contribution in [1.82, 2.24) is 5.32 Å². The molecular weight excluding hydrogens is 280 g/mol. The number of hydrogen-bond acceptors (Lipinski definition) is 4. The van der Waals surface area contributed by atoms with E-state index in [9.17, 15) is 4.79 Å². The van der Waals surface area contributed by atoms with Crippen molar-refractivity contribution in [2.75, 3.05) is 26.9 Å². The number of carbonyl (C=O) groups is 1. The second-order valence-electron chi connectivity index (χ2n) is 5.47. The number of hydrogen-bond donors (Lipinski definition) is 2. The molecule has 5 heteroatoms. The summed E-state index contributed by atoms with van der Waals surface area (Å²) in [6.45, 7) is 5.76. The number of benzene rings is 1. The number of amides is 1. The molecule has 0 heterocycles. The minimum Gasteiger partial charge on any atom is -0.493 e. The molecule has 0 bridgehead atoms. The topological polar surface area (TPSA) is 73.6 Å². The summed E-state index contributed by atoms with van der Waals surface area (Å²) in [5, 5.41) is 2.91. The molecule has 0 atom stereocenters. The Bertz CT molecular complexity index is 459. The molecule has 1 aromatic carbocycles. The van der Waals surface area contributed by atoms with Gasteiger partial charge in [0.1, 0.15) is 5.75 Å². The largest absolute Gasteiger partial charge is 0.493 e. The number of nitrogens with two attached hydrogens (primary N) is 1. The van der Waals surface area contributed by atoms with Gasteiger partial charge in [-0.3, -0.25) is 4.79 Å². The van der Waals surface area contributed by atoms with Gasteiger partial charge in [-0.05, 0) is 31.0 Å². The van der Waals surface area contributed by atoms with E-state index in [4.69, 9.17) is 15.2 Å². The molecule has 0 saturated heterocycles. The van der Waals surface area contributed by atoms with Crippen LogP contribution < -0.4 is 15.8 Å². The first kappa shape index (κ1) is 18.5. The third kappa shape index (κ3) is 6.03. The van der Waals surface area contributed by atoms with Crippen molar-refractivity contribution in [2.45, 2.75) is 38.6 Å². The summed E-state index contributed by atoms with van der Waals surface area (Å²) in [5.74, 6) is 0.563. The van der Waals surface area contributed by atoms with Gasteiger partial charge < -0.3 is 20.5 Å². The molecule has 1 rings (SSSR count). The number of carbonyl (C=O) groups excluding carboxylic acids is 1. The molecule has 0 aliphatic rings. The van der Waals surface area contributed by atoms with E-state index in [2.05, 4.69) is 5.32 Å². The van der Waals surface area contributed by atoms with Crippen molar-refractivity contribution in [3.8, 4) is 5.75 Å². The van der Waals surface area contributed by atoms with Gasteiger partial charge in [-0.1, -0.05) is 19.9 Å².